The second-order valence-corrected chi connectivity index (χ2v) is 4.94. The van der Waals surface area contributed by atoms with Crippen molar-refractivity contribution in [3.8, 4) is 0 Å². The fraction of sp³-hybridized carbons (Fsp3) is 0.667. The first-order valence-corrected chi connectivity index (χ1v) is 6.64. The van der Waals surface area contributed by atoms with Gasteiger partial charge in [0.1, 0.15) is 5.02 Å². The number of nitrogens with zero attached hydrogens (tertiary/aromatic N) is 3. The average molecular weight is 255 g/mol. The molecule has 0 spiro atoms. The molecule has 1 atom stereocenters. The van der Waals surface area contributed by atoms with Gasteiger partial charge in [-0.25, -0.2) is 4.98 Å². The lowest BCUT2D eigenvalue weighted by Gasteiger charge is -2.37. The van der Waals surface area contributed by atoms with Gasteiger partial charge in [-0.05, 0) is 25.7 Å². The van der Waals surface area contributed by atoms with Crippen LogP contribution in [-0.2, 0) is 0 Å². The van der Waals surface area contributed by atoms with Crippen LogP contribution in [0.1, 0.15) is 39.0 Å². The predicted octanol–water partition coefficient (Wildman–Crippen LogP) is 2.87. The molecule has 4 nitrogen and oxygen atoms in total. The van der Waals surface area contributed by atoms with E-state index in [2.05, 4.69) is 21.8 Å². The minimum absolute atomic E-state index is 0.297. The maximum Gasteiger partial charge on any atom is 0.222 e. The van der Waals surface area contributed by atoms with Gasteiger partial charge in [-0.15, -0.1) is 0 Å². The Bertz CT molecular complexity index is 381. The van der Waals surface area contributed by atoms with Gasteiger partial charge in [0.15, 0.2) is 5.82 Å². The van der Waals surface area contributed by atoms with Crippen LogP contribution in [0.2, 0.25) is 5.02 Å². The van der Waals surface area contributed by atoms with Crippen LogP contribution in [0.25, 0.3) is 0 Å². The number of nitrogen functional groups attached to an aromatic ring is 1. The summed E-state index contributed by atoms with van der Waals surface area (Å²) in [6, 6.07) is 0.542. The predicted molar refractivity (Wildman–Crippen MR) is 71.3 cm³/mol. The van der Waals surface area contributed by atoms with E-state index in [1.54, 1.807) is 6.20 Å². The maximum atomic E-state index is 6.17. The van der Waals surface area contributed by atoms with Crippen LogP contribution in [0, 0.1) is 0 Å². The van der Waals surface area contributed by atoms with Gasteiger partial charge in [-0.3, -0.25) is 0 Å². The van der Waals surface area contributed by atoms with E-state index in [9.17, 15) is 0 Å². The first-order valence-electron chi connectivity index (χ1n) is 6.27. The van der Waals surface area contributed by atoms with Gasteiger partial charge in [0.05, 0.1) is 6.20 Å². The molecule has 0 radical (unpaired) electrons. The molecule has 2 N–H and O–H groups in total. The van der Waals surface area contributed by atoms with Gasteiger partial charge in [0.25, 0.3) is 0 Å². The Hall–Kier alpha value is -1.03. The smallest absolute Gasteiger partial charge is 0.222 e. The average Bonchev–Trinajstić information content (AvgIpc) is 2.34. The SMILES string of the molecule is CCCC1CCCCN1c1nc(N)ncc1Cl. The molecule has 1 aromatic heterocycles. The maximum absolute atomic E-state index is 6.17. The summed E-state index contributed by atoms with van der Waals surface area (Å²) in [7, 11) is 0. The second kappa shape index (κ2) is 5.54. The molecule has 1 aliphatic rings. The topological polar surface area (TPSA) is 55.0 Å². The number of anilines is 2. The fourth-order valence-corrected chi connectivity index (χ4v) is 2.69. The standard InChI is InChI=1S/C12H19ClN4/c1-2-5-9-6-3-4-7-17(9)11-10(13)8-15-12(14)16-11/h8-9H,2-7H2,1H3,(H2,14,15,16). The summed E-state index contributed by atoms with van der Waals surface area (Å²) in [4.78, 5) is 10.5. The largest absolute Gasteiger partial charge is 0.368 e. The normalized spacial score (nSPS) is 20.6. The van der Waals surface area contributed by atoms with Gasteiger partial charge in [0.2, 0.25) is 5.95 Å². The summed E-state index contributed by atoms with van der Waals surface area (Å²) in [6.07, 6.45) is 7.66. The molecule has 0 bridgehead atoms. The van der Waals surface area contributed by atoms with Crippen LogP contribution in [0.3, 0.4) is 0 Å². The van der Waals surface area contributed by atoms with Crippen molar-refractivity contribution in [3.63, 3.8) is 0 Å². The molecule has 2 heterocycles. The van der Waals surface area contributed by atoms with Gasteiger partial charge in [-0.2, -0.15) is 4.98 Å². The van der Waals surface area contributed by atoms with Crippen molar-refractivity contribution in [1.82, 2.24) is 9.97 Å². The summed E-state index contributed by atoms with van der Waals surface area (Å²) in [5.74, 6) is 1.10. The van der Waals surface area contributed by atoms with E-state index < -0.39 is 0 Å². The Morgan fingerprint density at radius 2 is 2.35 bits per heavy atom. The number of aromatic nitrogens is 2. The zero-order valence-corrected chi connectivity index (χ0v) is 11.0. The molecule has 1 unspecified atom stereocenters. The summed E-state index contributed by atoms with van der Waals surface area (Å²) < 4.78 is 0. The molecule has 1 fully saturated rings. The molecule has 0 aromatic carbocycles. The Morgan fingerprint density at radius 1 is 1.53 bits per heavy atom. The van der Waals surface area contributed by atoms with Crippen LogP contribution < -0.4 is 10.6 Å². The first kappa shape index (κ1) is 12.4. The molecule has 0 amide bonds. The lowest BCUT2D eigenvalue weighted by molar-refractivity contribution is 0.432. The number of hydrogen-bond donors (Lipinski definition) is 1. The van der Waals surface area contributed by atoms with Crippen LogP contribution in [0.4, 0.5) is 11.8 Å². The molecular weight excluding hydrogens is 236 g/mol. The third-order valence-electron chi connectivity index (χ3n) is 3.27. The van der Waals surface area contributed by atoms with Crippen LogP contribution >= 0.6 is 11.6 Å². The quantitative estimate of drug-likeness (QED) is 0.901. The first-order chi connectivity index (χ1) is 8.22. The van der Waals surface area contributed by atoms with E-state index in [1.807, 2.05) is 0 Å². The van der Waals surface area contributed by atoms with Crippen molar-refractivity contribution in [3.05, 3.63) is 11.2 Å². The Kier molecular flexibility index (Phi) is 4.05. The Labute approximate surface area is 107 Å². The van der Waals surface area contributed by atoms with E-state index in [0.29, 0.717) is 17.0 Å². The minimum Gasteiger partial charge on any atom is -0.368 e. The third-order valence-corrected chi connectivity index (χ3v) is 3.53. The zero-order chi connectivity index (χ0) is 12.3. The number of hydrogen-bond acceptors (Lipinski definition) is 4. The number of nitrogens with two attached hydrogens (primary N) is 1. The zero-order valence-electron chi connectivity index (χ0n) is 10.2. The van der Waals surface area contributed by atoms with Crippen LogP contribution in [-0.4, -0.2) is 22.6 Å². The lowest BCUT2D eigenvalue weighted by Crippen LogP contribution is -2.40. The van der Waals surface area contributed by atoms with E-state index in [0.717, 1.165) is 12.4 Å². The van der Waals surface area contributed by atoms with Crippen molar-refractivity contribution < 1.29 is 0 Å². The Morgan fingerprint density at radius 3 is 3.12 bits per heavy atom. The van der Waals surface area contributed by atoms with Crippen molar-refractivity contribution in [2.75, 3.05) is 17.2 Å². The van der Waals surface area contributed by atoms with Gasteiger partial charge < -0.3 is 10.6 Å². The highest BCUT2D eigenvalue weighted by Gasteiger charge is 2.24. The van der Waals surface area contributed by atoms with Crippen molar-refractivity contribution in [1.29, 1.82) is 0 Å². The van der Waals surface area contributed by atoms with E-state index >= 15 is 0 Å². The number of halogens is 1. The summed E-state index contributed by atoms with van der Waals surface area (Å²) in [5.41, 5.74) is 5.65. The van der Waals surface area contributed by atoms with Crippen molar-refractivity contribution in [2.45, 2.75) is 45.1 Å². The molecule has 17 heavy (non-hydrogen) atoms. The molecule has 2 rings (SSSR count). The highest BCUT2D eigenvalue weighted by Crippen LogP contribution is 2.30. The van der Waals surface area contributed by atoms with E-state index in [-0.39, 0.29) is 0 Å². The van der Waals surface area contributed by atoms with Crippen LogP contribution in [0.5, 0.6) is 0 Å². The molecule has 1 saturated heterocycles. The molecular formula is C12H19ClN4. The summed E-state index contributed by atoms with van der Waals surface area (Å²) in [6.45, 7) is 3.23. The summed E-state index contributed by atoms with van der Waals surface area (Å²) in [5, 5.41) is 0.599. The highest BCUT2D eigenvalue weighted by molar-refractivity contribution is 6.32. The van der Waals surface area contributed by atoms with Gasteiger partial charge >= 0.3 is 0 Å². The molecule has 1 aromatic rings. The molecule has 94 valence electrons. The number of rotatable bonds is 3. The van der Waals surface area contributed by atoms with Crippen molar-refractivity contribution >= 4 is 23.4 Å². The third kappa shape index (κ3) is 2.80. The van der Waals surface area contributed by atoms with Gasteiger partial charge in [0, 0.05) is 12.6 Å². The lowest BCUT2D eigenvalue weighted by atomic mass is 9.98. The highest BCUT2D eigenvalue weighted by atomic mass is 35.5. The van der Waals surface area contributed by atoms with Gasteiger partial charge in [-0.1, -0.05) is 24.9 Å². The molecule has 1 aliphatic heterocycles. The Balaban J connectivity index is 2.25. The minimum atomic E-state index is 0.297. The monoisotopic (exact) mass is 254 g/mol. The second-order valence-electron chi connectivity index (χ2n) is 4.53. The molecule has 5 heteroatoms. The van der Waals surface area contributed by atoms with E-state index in [1.165, 1.54) is 32.1 Å². The molecule has 0 aliphatic carbocycles. The van der Waals surface area contributed by atoms with E-state index in [4.69, 9.17) is 17.3 Å². The van der Waals surface area contributed by atoms with Crippen molar-refractivity contribution in [2.24, 2.45) is 0 Å². The number of piperidine rings is 1. The fourth-order valence-electron chi connectivity index (χ4n) is 2.49. The summed E-state index contributed by atoms with van der Waals surface area (Å²) >= 11 is 6.17. The molecule has 0 saturated carbocycles. The van der Waals surface area contributed by atoms with Crippen LogP contribution in [0.15, 0.2) is 6.20 Å².